The van der Waals surface area contributed by atoms with Crippen LogP contribution in [0, 0.1) is 0 Å². The molecule has 0 heterocycles. The summed E-state index contributed by atoms with van der Waals surface area (Å²) in [6.07, 6.45) is 5.06. The molecule has 0 spiro atoms. The topological polar surface area (TPSA) is 52.3 Å². The first-order chi connectivity index (χ1) is 4.77. The first-order valence-electron chi connectivity index (χ1n) is 3.30. The van der Waals surface area contributed by atoms with Gasteiger partial charge in [-0.2, -0.15) is 0 Å². The second kappa shape index (κ2) is 6.13. The van der Waals surface area contributed by atoms with Crippen LogP contribution in [0.5, 0.6) is 0 Å². The van der Waals surface area contributed by atoms with Crippen molar-refractivity contribution in [2.24, 2.45) is 5.73 Å². The molecule has 0 unspecified atom stereocenters. The number of primary amides is 1. The molecule has 0 saturated heterocycles. The monoisotopic (exact) mass is 143 g/mol. The van der Waals surface area contributed by atoms with Crippen LogP contribution in [0.25, 0.3) is 0 Å². The van der Waals surface area contributed by atoms with Gasteiger partial charge in [0.25, 0.3) is 0 Å². The van der Waals surface area contributed by atoms with Crippen LogP contribution in [-0.4, -0.2) is 12.7 Å². The van der Waals surface area contributed by atoms with Crippen molar-refractivity contribution in [2.45, 2.75) is 19.8 Å². The second-order valence-electron chi connectivity index (χ2n) is 1.88. The largest absolute Gasteiger partial charge is 0.450 e. The molecule has 10 heavy (non-hydrogen) atoms. The van der Waals surface area contributed by atoms with Crippen LogP contribution in [0.1, 0.15) is 19.8 Å². The molecule has 3 nitrogen and oxygen atoms in total. The van der Waals surface area contributed by atoms with Gasteiger partial charge in [-0.15, -0.1) is 0 Å². The molecule has 0 radical (unpaired) electrons. The van der Waals surface area contributed by atoms with Gasteiger partial charge in [-0.1, -0.05) is 12.2 Å². The quantitative estimate of drug-likeness (QED) is 0.478. The molecular formula is C7H13NO2. The van der Waals surface area contributed by atoms with Crippen LogP contribution in [0.2, 0.25) is 0 Å². The van der Waals surface area contributed by atoms with Crippen molar-refractivity contribution in [1.82, 2.24) is 0 Å². The van der Waals surface area contributed by atoms with Crippen LogP contribution >= 0.6 is 0 Å². The number of rotatable bonds is 4. The number of carbonyl (C=O) groups excluding carboxylic acids is 1. The van der Waals surface area contributed by atoms with Gasteiger partial charge >= 0.3 is 6.09 Å². The molecule has 0 aromatic heterocycles. The summed E-state index contributed by atoms with van der Waals surface area (Å²) in [5.41, 5.74) is 4.73. The third kappa shape index (κ3) is 7.01. The fourth-order valence-corrected chi connectivity index (χ4v) is 0.541. The highest BCUT2D eigenvalue weighted by Crippen LogP contribution is 1.90. The summed E-state index contributed by atoms with van der Waals surface area (Å²) in [6.45, 7) is 2.37. The summed E-state index contributed by atoms with van der Waals surface area (Å²) in [4.78, 5) is 10.0. The minimum absolute atomic E-state index is 0.416. The first-order valence-corrected chi connectivity index (χ1v) is 3.30. The highest BCUT2D eigenvalue weighted by Gasteiger charge is 1.89. The van der Waals surface area contributed by atoms with Crippen LogP contribution in [0.15, 0.2) is 12.2 Å². The number of nitrogens with two attached hydrogens (primary N) is 1. The molecule has 0 aromatic carbocycles. The molecule has 0 atom stereocenters. The van der Waals surface area contributed by atoms with E-state index in [2.05, 4.69) is 4.74 Å². The zero-order valence-electron chi connectivity index (χ0n) is 6.17. The molecular weight excluding hydrogens is 130 g/mol. The van der Waals surface area contributed by atoms with Gasteiger partial charge in [0.15, 0.2) is 0 Å². The van der Waals surface area contributed by atoms with Crippen molar-refractivity contribution < 1.29 is 9.53 Å². The van der Waals surface area contributed by atoms with Gasteiger partial charge in [-0.05, 0) is 19.8 Å². The molecule has 58 valence electrons. The molecule has 0 aliphatic rings. The number of allylic oxidation sites excluding steroid dienone is 2. The molecule has 0 saturated carbocycles. The van der Waals surface area contributed by atoms with Gasteiger partial charge in [0, 0.05) is 0 Å². The molecule has 0 aliphatic carbocycles. The van der Waals surface area contributed by atoms with Gasteiger partial charge in [0.1, 0.15) is 0 Å². The highest BCUT2D eigenvalue weighted by molar-refractivity contribution is 5.64. The summed E-state index contributed by atoms with van der Waals surface area (Å²) in [5.74, 6) is 0. The Morgan fingerprint density at radius 1 is 1.70 bits per heavy atom. The van der Waals surface area contributed by atoms with E-state index in [9.17, 15) is 4.79 Å². The minimum Gasteiger partial charge on any atom is -0.450 e. The van der Waals surface area contributed by atoms with Crippen LogP contribution < -0.4 is 5.73 Å². The number of carbonyl (C=O) groups is 1. The molecule has 1 amide bonds. The summed E-state index contributed by atoms with van der Waals surface area (Å²) >= 11 is 0. The predicted molar refractivity (Wildman–Crippen MR) is 39.6 cm³/mol. The van der Waals surface area contributed by atoms with E-state index in [0.717, 1.165) is 12.8 Å². The SMILES string of the molecule is C/C=C/CCCOC(N)=O. The minimum atomic E-state index is -0.694. The number of amides is 1. The van der Waals surface area contributed by atoms with Crippen LogP contribution in [0.4, 0.5) is 4.79 Å². The van der Waals surface area contributed by atoms with Crippen molar-refractivity contribution in [2.75, 3.05) is 6.61 Å². The lowest BCUT2D eigenvalue weighted by molar-refractivity contribution is 0.155. The van der Waals surface area contributed by atoms with E-state index in [1.165, 1.54) is 0 Å². The van der Waals surface area contributed by atoms with Crippen molar-refractivity contribution in [1.29, 1.82) is 0 Å². The van der Waals surface area contributed by atoms with Crippen molar-refractivity contribution in [3.63, 3.8) is 0 Å². The third-order valence-corrected chi connectivity index (χ3v) is 0.995. The van der Waals surface area contributed by atoms with Crippen molar-refractivity contribution in [3.05, 3.63) is 12.2 Å². The van der Waals surface area contributed by atoms with Gasteiger partial charge in [0.2, 0.25) is 0 Å². The maximum atomic E-state index is 10.0. The van der Waals surface area contributed by atoms with E-state index in [1.807, 2.05) is 19.1 Å². The Balaban J connectivity index is 2.98. The smallest absolute Gasteiger partial charge is 0.404 e. The average Bonchev–Trinajstić information content (AvgIpc) is 1.87. The van der Waals surface area contributed by atoms with Crippen LogP contribution in [0.3, 0.4) is 0 Å². The Morgan fingerprint density at radius 2 is 2.40 bits per heavy atom. The van der Waals surface area contributed by atoms with E-state index < -0.39 is 6.09 Å². The molecule has 0 fully saturated rings. The van der Waals surface area contributed by atoms with Gasteiger partial charge < -0.3 is 10.5 Å². The fraction of sp³-hybridized carbons (Fsp3) is 0.571. The zero-order chi connectivity index (χ0) is 7.82. The van der Waals surface area contributed by atoms with E-state index in [0.29, 0.717) is 6.61 Å². The Bertz CT molecular complexity index is 121. The van der Waals surface area contributed by atoms with Crippen LogP contribution in [-0.2, 0) is 4.74 Å². The number of unbranched alkanes of at least 4 members (excludes halogenated alkanes) is 1. The highest BCUT2D eigenvalue weighted by atomic mass is 16.5. The van der Waals surface area contributed by atoms with Crippen molar-refractivity contribution >= 4 is 6.09 Å². The lowest BCUT2D eigenvalue weighted by Crippen LogP contribution is -2.13. The summed E-state index contributed by atoms with van der Waals surface area (Å²) in [6, 6.07) is 0. The Hall–Kier alpha value is -0.990. The van der Waals surface area contributed by atoms with E-state index in [1.54, 1.807) is 0 Å². The standard InChI is InChI=1S/C7H13NO2/c1-2-3-4-5-6-10-7(8)9/h2-3H,4-6H2,1H3,(H2,8,9)/b3-2+. The number of hydrogen-bond acceptors (Lipinski definition) is 2. The van der Waals surface area contributed by atoms with Gasteiger partial charge in [0.05, 0.1) is 6.61 Å². The number of ether oxygens (including phenoxy) is 1. The molecule has 0 rings (SSSR count). The van der Waals surface area contributed by atoms with Gasteiger partial charge in [-0.3, -0.25) is 0 Å². The van der Waals surface area contributed by atoms with E-state index in [-0.39, 0.29) is 0 Å². The van der Waals surface area contributed by atoms with Gasteiger partial charge in [-0.25, -0.2) is 4.79 Å². The summed E-state index contributed by atoms with van der Waals surface area (Å²) < 4.78 is 4.49. The Kier molecular flexibility index (Phi) is 5.53. The van der Waals surface area contributed by atoms with E-state index in [4.69, 9.17) is 5.73 Å². The fourth-order valence-electron chi connectivity index (χ4n) is 0.541. The normalized spacial score (nSPS) is 10.1. The Morgan fingerprint density at radius 3 is 2.90 bits per heavy atom. The predicted octanol–water partition coefficient (Wildman–Crippen LogP) is 1.44. The second-order valence-corrected chi connectivity index (χ2v) is 1.88. The lowest BCUT2D eigenvalue weighted by atomic mass is 10.3. The molecule has 0 aliphatic heterocycles. The molecule has 0 aromatic rings. The molecule has 3 heteroatoms. The lowest BCUT2D eigenvalue weighted by Gasteiger charge is -1.96. The maximum Gasteiger partial charge on any atom is 0.404 e. The number of hydrogen-bond donors (Lipinski definition) is 1. The molecule has 2 N–H and O–H groups in total. The van der Waals surface area contributed by atoms with Crippen molar-refractivity contribution in [3.8, 4) is 0 Å². The molecule has 0 bridgehead atoms. The Labute approximate surface area is 60.9 Å². The summed E-state index contributed by atoms with van der Waals surface area (Å²) in [7, 11) is 0. The maximum absolute atomic E-state index is 10.0. The zero-order valence-corrected chi connectivity index (χ0v) is 6.17. The third-order valence-electron chi connectivity index (χ3n) is 0.995. The summed E-state index contributed by atoms with van der Waals surface area (Å²) in [5, 5.41) is 0. The average molecular weight is 143 g/mol. The first kappa shape index (κ1) is 9.01. The van der Waals surface area contributed by atoms with E-state index >= 15 is 0 Å².